The number of carbonyl (C=O) groups is 1. The fourth-order valence-electron chi connectivity index (χ4n) is 15.3. The molecule has 3 aromatic carbocycles. The summed E-state index contributed by atoms with van der Waals surface area (Å²) in [5.74, 6) is 3.72. The van der Waals surface area contributed by atoms with E-state index < -0.39 is 18.3 Å². The molecule has 0 unspecified atom stereocenters. The van der Waals surface area contributed by atoms with Gasteiger partial charge in [0.15, 0.2) is 17.5 Å². The molecule has 1 spiro atoms. The molecule has 8 N–H and O–H groups in total. The van der Waals surface area contributed by atoms with Crippen LogP contribution in [0.5, 0.6) is 28.7 Å². The molecule has 71 heavy (non-hydrogen) atoms. The number of guanidine groups is 1. The monoisotopic (exact) mass is 974 g/mol. The second-order valence-electron chi connectivity index (χ2n) is 23.4. The Balaban J connectivity index is 1.09. The second-order valence-corrected chi connectivity index (χ2v) is 23.4. The van der Waals surface area contributed by atoms with E-state index in [0.29, 0.717) is 91.6 Å². The predicted octanol–water partition coefficient (Wildman–Crippen LogP) is 9.09. The maximum absolute atomic E-state index is 12.4. The summed E-state index contributed by atoms with van der Waals surface area (Å²) in [5, 5.41) is 61.8. The lowest BCUT2D eigenvalue weighted by molar-refractivity contribution is -0.109. The molecule has 5 aliphatic carbocycles. The third-order valence-corrected chi connectivity index (χ3v) is 18.8. The van der Waals surface area contributed by atoms with E-state index in [-0.39, 0.29) is 71.2 Å². The van der Waals surface area contributed by atoms with Gasteiger partial charge in [-0.3, -0.25) is 4.99 Å². The average molecular weight is 974 g/mol. The first-order valence-corrected chi connectivity index (χ1v) is 27.2. The number of ether oxygens (including phenoxy) is 3. The van der Waals surface area contributed by atoms with Crippen molar-refractivity contribution >= 4 is 12.2 Å². The number of allylic oxidation sites excluding steroid dienone is 2. The van der Waals surface area contributed by atoms with Gasteiger partial charge in [0.25, 0.3) is 0 Å². The zero-order valence-corrected chi connectivity index (χ0v) is 42.4. The van der Waals surface area contributed by atoms with Crippen LogP contribution in [0.15, 0.2) is 53.5 Å². The first-order valence-electron chi connectivity index (χ1n) is 27.2. The number of aliphatic hydroxyl groups is 3. The van der Waals surface area contributed by atoms with Crippen LogP contribution < -0.4 is 25.3 Å². The molecule has 3 saturated carbocycles. The predicted molar refractivity (Wildman–Crippen MR) is 275 cm³/mol. The van der Waals surface area contributed by atoms with E-state index in [4.69, 9.17) is 24.9 Å². The van der Waals surface area contributed by atoms with Crippen molar-refractivity contribution < 1.29 is 44.5 Å². The van der Waals surface area contributed by atoms with Gasteiger partial charge in [-0.15, -0.1) is 0 Å². The van der Waals surface area contributed by atoms with E-state index in [1.54, 1.807) is 13.2 Å². The number of carbonyl (C=O) groups excluding carboxylic acids is 1. The molecule has 12 nitrogen and oxygen atoms in total. The molecule has 10 aliphatic rings. The lowest BCUT2D eigenvalue weighted by Gasteiger charge is -2.50. The van der Waals surface area contributed by atoms with Gasteiger partial charge in [-0.05, 0) is 181 Å². The topological polar surface area (TPSA) is 196 Å². The van der Waals surface area contributed by atoms with Crippen LogP contribution in [0.3, 0.4) is 0 Å². The maximum atomic E-state index is 12.4. The number of fused-ring (bicyclic) bond motifs is 2. The smallest absolute Gasteiger partial charge is 0.188 e. The molecule has 5 aliphatic heterocycles. The van der Waals surface area contributed by atoms with Crippen molar-refractivity contribution in [1.29, 1.82) is 0 Å². The van der Waals surface area contributed by atoms with Gasteiger partial charge in [0.2, 0.25) is 0 Å². The molecule has 14 atom stereocenters. The fourth-order valence-corrected chi connectivity index (χ4v) is 15.3. The molecule has 13 rings (SSSR count). The molecule has 12 bridgehead atoms. The van der Waals surface area contributed by atoms with E-state index in [0.717, 1.165) is 104 Å². The molecular weight excluding hydrogens is 895 g/mol. The number of nitrogens with one attached hydrogen (secondary N) is 1. The van der Waals surface area contributed by atoms with Gasteiger partial charge >= 0.3 is 0 Å². The van der Waals surface area contributed by atoms with Gasteiger partial charge in [-0.1, -0.05) is 51.8 Å². The number of aliphatic imine (C=N–C) groups is 1. The van der Waals surface area contributed by atoms with Crippen molar-refractivity contribution in [2.45, 2.75) is 147 Å². The summed E-state index contributed by atoms with van der Waals surface area (Å²) in [6.45, 7) is 7.59. The Labute approximate surface area is 420 Å². The Hall–Kier alpha value is -4.78. The molecule has 0 saturated heterocycles. The Morgan fingerprint density at radius 1 is 0.944 bits per heavy atom. The third-order valence-electron chi connectivity index (χ3n) is 18.8. The number of hydrogen-bond donors (Lipinski definition) is 7. The normalized spacial score (nSPS) is 34.5. The fraction of sp³-hybridized carbons (Fsp3) is 0.627. The van der Waals surface area contributed by atoms with Crippen LogP contribution in [0, 0.1) is 58.7 Å². The molecule has 384 valence electrons. The van der Waals surface area contributed by atoms with Crippen molar-refractivity contribution in [3.63, 3.8) is 0 Å². The summed E-state index contributed by atoms with van der Waals surface area (Å²) < 4.78 is 20.3. The highest BCUT2D eigenvalue weighted by Crippen LogP contribution is 2.57. The molecule has 0 radical (unpaired) electrons. The number of aromatic hydroxyl groups is 2. The van der Waals surface area contributed by atoms with Crippen LogP contribution in [0.25, 0.3) is 11.1 Å². The lowest BCUT2D eigenvalue weighted by Crippen LogP contribution is -2.53. The molecule has 3 fully saturated rings. The highest BCUT2D eigenvalue weighted by molar-refractivity contribution is 5.84. The lowest BCUT2D eigenvalue weighted by atomic mass is 9.60. The Bertz CT molecular complexity index is 2490. The van der Waals surface area contributed by atoms with E-state index in [9.17, 15) is 30.3 Å². The van der Waals surface area contributed by atoms with Gasteiger partial charge in [0.05, 0.1) is 19.3 Å². The second kappa shape index (κ2) is 20.6. The van der Waals surface area contributed by atoms with Crippen molar-refractivity contribution in [2.75, 3.05) is 26.8 Å². The van der Waals surface area contributed by atoms with Crippen molar-refractivity contribution in [3.8, 4) is 39.9 Å². The molecule has 12 heteroatoms. The van der Waals surface area contributed by atoms with Crippen LogP contribution in [-0.2, 0) is 24.1 Å². The Kier molecular flexibility index (Phi) is 14.5. The number of hydrogen-bond acceptors (Lipinski definition) is 12. The molecule has 3 aromatic rings. The van der Waals surface area contributed by atoms with Crippen LogP contribution >= 0.6 is 0 Å². The zero-order valence-electron chi connectivity index (χ0n) is 42.4. The molecule has 0 aromatic heterocycles. The number of aliphatic hydroxyl groups excluding tert-OH is 3. The minimum absolute atomic E-state index is 0.00706. The first-order chi connectivity index (χ1) is 34.3. The van der Waals surface area contributed by atoms with E-state index in [1.807, 2.05) is 24.3 Å². The summed E-state index contributed by atoms with van der Waals surface area (Å²) in [5.41, 5.74) is 13.2. The summed E-state index contributed by atoms with van der Waals surface area (Å²) in [6, 6.07) is 11.4. The van der Waals surface area contributed by atoms with Crippen molar-refractivity contribution in [1.82, 2.24) is 5.32 Å². The number of phenols is 2. The summed E-state index contributed by atoms with van der Waals surface area (Å²) in [4.78, 5) is 17.1. The van der Waals surface area contributed by atoms with Gasteiger partial charge in [0, 0.05) is 55.6 Å². The van der Waals surface area contributed by atoms with E-state index in [2.05, 4.69) is 44.3 Å². The summed E-state index contributed by atoms with van der Waals surface area (Å²) >= 11 is 0. The van der Waals surface area contributed by atoms with E-state index in [1.165, 1.54) is 0 Å². The van der Waals surface area contributed by atoms with Gasteiger partial charge in [-0.2, -0.15) is 0 Å². The number of methoxy groups -OCH3 is 1. The van der Waals surface area contributed by atoms with Crippen LogP contribution in [0.2, 0.25) is 0 Å². The SMILES string of the molecule is CC[C@@H]1C[C@@H]2C=C[C@H]1C[C@@H](O)C[C@]1(CCC[C@H]1CC=O)CN=C(N)NC[C@@H]1CC[C@@H]3CC[C@@H](CO)[C@H]1[C@@H]3Oc1cc(ccc1O)[C@@H]1Oc3cc(OC)c4c(c3C[C@H]1O)[C@H]2Cc1cc(O)c(CC(C)C)cc1-4. The first kappa shape index (κ1) is 49.8. The van der Waals surface area contributed by atoms with Crippen LogP contribution in [0.1, 0.15) is 138 Å². The molecule has 0 amide bonds. The van der Waals surface area contributed by atoms with Gasteiger partial charge < -0.3 is 55.6 Å². The number of rotatable bonds is 7. The zero-order chi connectivity index (χ0) is 49.7. The van der Waals surface area contributed by atoms with Gasteiger partial charge in [-0.25, -0.2) is 0 Å². The number of benzene rings is 3. The maximum Gasteiger partial charge on any atom is 0.188 e. The van der Waals surface area contributed by atoms with E-state index >= 15 is 0 Å². The number of phenolic OH excluding ortho intramolecular Hbond substituents is 2. The minimum atomic E-state index is -0.921. The van der Waals surface area contributed by atoms with Crippen molar-refractivity contribution in [3.05, 3.63) is 76.4 Å². The number of aldehydes is 1. The third kappa shape index (κ3) is 9.55. The number of nitrogens with two attached hydrogens (primary N) is 1. The van der Waals surface area contributed by atoms with Crippen molar-refractivity contribution in [2.24, 2.45) is 69.4 Å². The quantitative estimate of drug-likeness (QED) is 0.0882. The van der Waals surface area contributed by atoms with Crippen LogP contribution in [0.4, 0.5) is 0 Å². The highest BCUT2D eigenvalue weighted by atomic mass is 16.5. The minimum Gasteiger partial charge on any atom is -0.508 e. The summed E-state index contributed by atoms with van der Waals surface area (Å²) in [7, 11) is 1.70. The van der Waals surface area contributed by atoms with Crippen LogP contribution in [-0.4, -0.2) is 82.9 Å². The Morgan fingerprint density at radius 2 is 1.75 bits per heavy atom. The molecule has 5 heterocycles. The molecular formula is C59H79N3O9. The highest BCUT2D eigenvalue weighted by Gasteiger charge is 2.49. The summed E-state index contributed by atoms with van der Waals surface area (Å²) in [6.07, 6.45) is 14.9. The largest absolute Gasteiger partial charge is 0.508 e. The van der Waals surface area contributed by atoms with Gasteiger partial charge in [0.1, 0.15) is 35.7 Å². The standard InChI is InChI=1S/C59H79N3O9/c1-5-33-20-36-11-10-35(33)21-43(65)28-59(17-6-7-42(59)16-18-63)31-62-58(60)61-29-38-12-8-34-9-13-39(30-64)53(38)57(34)71-51-25-37(14-15-47(51)66)56-49(68)26-46-50(70-56)27-52(69-4)55-45-23-41(19-32(2)3)48(67)24-40(45)22-44(36)54(46)55/h10-11,14-15,18,23-25,27,32-36,38-39,42-44,49,53,56-57,64-68H,5-9,12-13,16-17,19-22,26,28-31H2,1-4H3,(H3,60,61,62)/t33-,34-,35+,36+,38+,39+,42+,43-,44+,49-,53+,56+,57-,59-/m1/s1. The average Bonchev–Trinajstić information content (AvgIpc) is 3.74. The number of nitrogens with zero attached hydrogens (tertiary/aromatic N) is 1. The Morgan fingerprint density at radius 3 is 2.52 bits per heavy atom.